The molecule has 0 saturated heterocycles. The van der Waals surface area contributed by atoms with E-state index in [1.54, 1.807) is 12.3 Å². The van der Waals surface area contributed by atoms with Crippen molar-refractivity contribution >= 4 is 50.8 Å². The zero-order chi connectivity index (χ0) is 14.1. The minimum absolute atomic E-state index is 0.652. The molecule has 2 heterocycles. The van der Waals surface area contributed by atoms with Crippen LogP contribution in [0.2, 0.25) is 10.0 Å². The van der Waals surface area contributed by atoms with E-state index in [1.807, 2.05) is 12.1 Å². The van der Waals surface area contributed by atoms with Crippen LogP contribution in [-0.2, 0) is 6.54 Å². The van der Waals surface area contributed by atoms with Crippen LogP contribution in [0.25, 0.3) is 0 Å². The van der Waals surface area contributed by atoms with Crippen molar-refractivity contribution < 1.29 is 0 Å². The number of hydrogen-bond acceptors (Lipinski definition) is 4. The van der Waals surface area contributed by atoms with Crippen LogP contribution in [0.1, 0.15) is 5.56 Å². The van der Waals surface area contributed by atoms with Gasteiger partial charge in [-0.3, -0.25) is 0 Å². The molecule has 2 aromatic rings. The summed E-state index contributed by atoms with van der Waals surface area (Å²) in [6.07, 6.45) is 1.68. The lowest BCUT2D eigenvalue weighted by Gasteiger charge is -2.30. The smallest absolute Gasteiger partial charge is 0.173 e. The number of aromatic nitrogens is 2. The molecule has 0 amide bonds. The van der Waals surface area contributed by atoms with Gasteiger partial charge in [0, 0.05) is 29.7 Å². The van der Waals surface area contributed by atoms with Crippen molar-refractivity contribution in [2.75, 3.05) is 23.3 Å². The van der Waals surface area contributed by atoms with Crippen LogP contribution >= 0.6 is 39.1 Å². The normalized spacial score (nSPS) is 13.8. The molecule has 3 rings (SSSR count). The Morgan fingerprint density at radius 2 is 2.20 bits per heavy atom. The van der Waals surface area contributed by atoms with Crippen LogP contribution in [0.15, 0.2) is 29.0 Å². The molecule has 0 saturated carbocycles. The summed E-state index contributed by atoms with van der Waals surface area (Å²) in [6.45, 7) is 2.31. The van der Waals surface area contributed by atoms with Gasteiger partial charge in [-0.05, 0) is 39.7 Å². The van der Waals surface area contributed by atoms with Crippen LogP contribution < -0.4 is 10.2 Å². The molecule has 0 fully saturated rings. The molecule has 0 aliphatic carbocycles. The van der Waals surface area contributed by atoms with Crippen molar-refractivity contribution in [3.8, 4) is 0 Å². The quantitative estimate of drug-likeness (QED) is 0.864. The van der Waals surface area contributed by atoms with Gasteiger partial charge in [0.05, 0.1) is 6.20 Å². The first kappa shape index (κ1) is 13.9. The van der Waals surface area contributed by atoms with Crippen LogP contribution in [0.4, 0.5) is 11.6 Å². The van der Waals surface area contributed by atoms with E-state index >= 15 is 0 Å². The van der Waals surface area contributed by atoms with E-state index in [2.05, 4.69) is 36.1 Å². The Morgan fingerprint density at radius 3 is 3.05 bits per heavy atom. The first-order valence-electron chi connectivity index (χ1n) is 6.09. The summed E-state index contributed by atoms with van der Waals surface area (Å²) in [5.74, 6) is 1.61. The molecule has 0 atom stereocenters. The second-order valence-corrected chi connectivity index (χ2v) is 6.11. The molecule has 1 aliphatic rings. The SMILES string of the molecule is Clc1ccc(Cl)c(CN2CCNc3ncc(Br)nc32)c1. The van der Waals surface area contributed by atoms with Crippen LogP contribution in [0.5, 0.6) is 0 Å². The van der Waals surface area contributed by atoms with Gasteiger partial charge >= 0.3 is 0 Å². The fourth-order valence-electron chi connectivity index (χ4n) is 2.14. The highest BCUT2D eigenvalue weighted by Crippen LogP contribution is 2.29. The average molecular weight is 374 g/mol. The topological polar surface area (TPSA) is 41.0 Å². The van der Waals surface area contributed by atoms with Gasteiger partial charge in [0.1, 0.15) is 4.60 Å². The molecule has 0 radical (unpaired) electrons. The van der Waals surface area contributed by atoms with E-state index in [4.69, 9.17) is 23.2 Å². The largest absolute Gasteiger partial charge is 0.365 e. The lowest BCUT2D eigenvalue weighted by atomic mass is 10.2. The number of halogens is 3. The van der Waals surface area contributed by atoms with E-state index in [0.29, 0.717) is 21.2 Å². The first-order valence-corrected chi connectivity index (χ1v) is 7.63. The number of nitrogens with one attached hydrogen (secondary N) is 1. The molecule has 0 bridgehead atoms. The van der Waals surface area contributed by atoms with E-state index < -0.39 is 0 Å². The van der Waals surface area contributed by atoms with Gasteiger partial charge in [-0.2, -0.15) is 0 Å². The van der Waals surface area contributed by atoms with Gasteiger partial charge in [-0.15, -0.1) is 0 Å². The van der Waals surface area contributed by atoms with Crippen molar-refractivity contribution in [3.05, 3.63) is 44.6 Å². The molecule has 1 N–H and O–H groups in total. The van der Waals surface area contributed by atoms with Crippen molar-refractivity contribution in [1.82, 2.24) is 9.97 Å². The van der Waals surface area contributed by atoms with Crippen molar-refractivity contribution in [3.63, 3.8) is 0 Å². The summed E-state index contributed by atoms with van der Waals surface area (Å²) in [5, 5.41) is 4.62. The molecule has 1 aromatic carbocycles. The third-order valence-electron chi connectivity index (χ3n) is 3.07. The number of hydrogen-bond donors (Lipinski definition) is 1. The Hall–Kier alpha value is -1.04. The number of rotatable bonds is 2. The van der Waals surface area contributed by atoms with Crippen molar-refractivity contribution in [2.24, 2.45) is 0 Å². The van der Waals surface area contributed by atoms with E-state index in [0.717, 1.165) is 30.3 Å². The monoisotopic (exact) mass is 372 g/mol. The molecule has 20 heavy (non-hydrogen) atoms. The van der Waals surface area contributed by atoms with Gasteiger partial charge in [0.15, 0.2) is 11.6 Å². The third kappa shape index (κ3) is 2.85. The molecular formula is C13H11BrCl2N4. The first-order chi connectivity index (χ1) is 9.63. The zero-order valence-electron chi connectivity index (χ0n) is 10.4. The predicted molar refractivity (Wildman–Crippen MR) is 85.7 cm³/mol. The maximum atomic E-state index is 6.23. The Morgan fingerprint density at radius 1 is 1.35 bits per heavy atom. The van der Waals surface area contributed by atoms with Gasteiger partial charge in [-0.25, -0.2) is 9.97 Å². The maximum Gasteiger partial charge on any atom is 0.173 e. The van der Waals surface area contributed by atoms with Crippen LogP contribution in [0, 0.1) is 0 Å². The molecular weight excluding hydrogens is 363 g/mol. The maximum absolute atomic E-state index is 6.23. The summed E-state index contributed by atoms with van der Waals surface area (Å²) in [4.78, 5) is 11.0. The highest BCUT2D eigenvalue weighted by atomic mass is 79.9. The second kappa shape index (κ2) is 5.76. The summed E-state index contributed by atoms with van der Waals surface area (Å²) in [5.41, 5.74) is 0.980. The minimum atomic E-state index is 0.652. The van der Waals surface area contributed by atoms with E-state index in [9.17, 15) is 0 Å². The molecule has 1 aliphatic heterocycles. The Bertz CT molecular complexity index is 650. The second-order valence-electron chi connectivity index (χ2n) is 4.45. The summed E-state index contributed by atoms with van der Waals surface area (Å²) in [7, 11) is 0. The molecule has 104 valence electrons. The highest BCUT2D eigenvalue weighted by molar-refractivity contribution is 9.10. The van der Waals surface area contributed by atoms with Gasteiger partial charge in [0.2, 0.25) is 0 Å². The highest BCUT2D eigenvalue weighted by Gasteiger charge is 2.20. The Kier molecular flexibility index (Phi) is 4.01. The van der Waals surface area contributed by atoms with Crippen LogP contribution in [-0.4, -0.2) is 23.1 Å². The molecule has 1 aromatic heterocycles. The van der Waals surface area contributed by atoms with Crippen LogP contribution in [0.3, 0.4) is 0 Å². The Balaban J connectivity index is 1.93. The predicted octanol–water partition coefficient (Wildman–Crippen LogP) is 3.98. The number of anilines is 2. The lowest BCUT2D eigenvalue weighted by molar-refractivity contribution is 0.760. The summed E-state index contributed by atoms with van der Waals surface area (Å²) < 4.78 is 0.710. The van der Waals surface area contributed by atoms with E-state index in [1.165, 1.54) is 0 Å². The molecule has 0 unspecified atom stereocenters. The molecule has 7 heteroatoms. The van der Waals surface area contributed by atoms with Crippen molar-refractivity contribution in [1.29, 1.82) is 0 Å². The standard InChI is InChI=1S/C13H11BrCl2N4/c14-11-6-18-12-13(19-11)20(4-3-17-12)7-8-5-9(15)1-2-10(8)16/h1-2,5-6H,3-4,7H2,(H,17,18). The van der Waals surface area contributed by atoms with Crippen molar-refractivity contribution in [2.45, 2.75) is 6.54 Å². The third-order valence-corrected chi connectivity index (χ3v) is 4.05. The summed E-state index contributed by atoms with van der Waals surface area (Å²) in [6, 6.07) is 5.49. The summed E-state index contributed by atoms with van der Waals surface area (Å²) >= 11 is 15.6. The van der Waals surface area contributed by atoms with Gasteiger partial charge < -0.3 is 10.2 Å². The fourth-order valence-corrected chi connectivity index (χ4v) is 2.79. The van der Waals surface area contributed by atoms with E-state index in [-0.39, 0.29) is 0 Å². The average Bonchev–Trinajstić information content (AvgIpc) is 2.43. The molecule has 4 nitrogen and oxygen atoms in total. The minimum Gasteiger partial charge on any atom is -0.365 e. The Labute approximate surface area is 135 Å². The lowest BCUT2D eigenvalue weighted by Crippen LogP contribution is -2.34. The number of benzene rings is 1. The molecule has 0 spiro atoms. The van der Waals surface area contributed by atoms with Gasteiger partial charge in [-0.1, -0.05) is 23.2 Å². The number of nitrogens with zero attached hydrogens (tertiary/aromatic N) is 3. The van der Waals surface area contributed by atoms with Gasteiger partial charge in [0.25, 0.3) is 0 Å². The number of fused-ring (bicyclic) bond motifs is 1. The fraction of sp³-hybridized carbons (Fsp3) is 0.231. The zero-order valence-corrected chi connectivity index (χ0v) is 13.5.